The van der Waals surface area contributed by atoms with Crippen LogP contribution in [0.3, 0.4) is 0 Å². The van der Waals surface area contributed by atoms with Gasteiger partial charge in [0.2, 0.25) is 11.8 Å². The highest BCUT2D eigenvalue weighted by molar-refractivity contribution is 5.97. The van der Waals surface area contributed by atoms with Crippen LogP contribution in [0, 0.1) is 0 Å². The van der Waals surface area contributed by atoms with Crippen molar-refractivity contribution in [2.24, 2.45) is 0 Å². The summed E-state index contributed by atoms with van der Waals surface area (Å²) in [6, 6.07) is 7.70. The molecule has 0 saturated carbocycles. The second-order valence-electron chi connectivity index (χ2n) is 7.68. The van der Waals surface area contributed by atoms with Gasteiger partial charge in [-0.25, -0.2) is 0 Å². The number of amides is 2. The molecule has 4 rings (SSSR count). The molecule has 138 valence electrons. The van der Waals surface area contributed by atoms with Gasteiger partial charge in [-0.1, -0.05) is 18.2 Å². The number of nitrogens with one attached hydrogen (secondary N) is 1. The summed E-state index contributed by atoms with van der Waals surface area (Å²) >= 11 is 0. The van der Waals surface area contributed by atoms with Crippen LogP contribution >= 0.6 is 0 Å². The van der Waals surface area contributed by atoms with Crippen molar-refractivity contribution in [3.05, 3.63) is 35.5 Å². The summed E-state index contributed by atoms with van der Waals surface area (Å²) in [6.07, 6.45) is 1.48. The van der Waals surface area contributed by atoms with Gasteiger partial charge in [-0.3, -0.25) is 9.59 Å². The van der Waals surface area contributed by atoms with Crippen LogP contribution in [0.2, 0.25) is 0 Å². The Bertz CT molecular complexity index is 857. The molecule has 0 spiro atoms. The van der Waals surface area contributed by atoms with Crippen molar-refractivity contribution in [3.63, 3.8) is 0 Å². The fraction of sp³-hybridized carbons (Fsp3) is 0.500. The average molecular weight is 354 g/mol. The summed E-state index contributed by atoms with van der Waals surface area (Å²) in [5.74, 6) is 0.141. The molecule has 6 nitrogen and oxygen atoms in total. The van der Waals surface area contributed by atoms with Crippen LogP contribution in [-0.4, -0.2) is 71.3 Å². The first-order valence-electron chi connectivity index (χ1n) is 9.31. The van der Waals surface area contributed by atoms with Crippen molar-refractivity contribution in [2.45, 2.75) is 31.8 Å². The Balaban J connectivity index is 1.63. The van der Waals surface area contributed by atoms with E-state index >= 15 is 0 Å². The Morgan fingerprint density at radius 2 is 2.00 bits per heavy atom. The molecule has 26 heavy (non-hydrogen) atoms. The number of benzene rings is 1. The van der Waals surface area contributed by atoms with Crippen molar-refractivity contribution >= 4 is 22.7 Å². The minimum Gasteiger partial charge on any atom is -0.356 e. The van der Waals surface area contributed by atoms with E-state index in [1.807, 2.05) is 33.2 Å². The number of hydrogen-bond donors (Lipinski definition) is 1. The van der Waals surface area contributed by atoms with Crippen LogP contribution in [0.4, 0.5) is 0 Å². The number of aromatic amines is 1. The highest BCUT2D eigenvalue weighted by atomic mass is 16.2. The molecule has 1 aromatic carbocycles. The minimum absolute atomic E-state index is 0.0521. The Labute approximate surface area is 153 Å². The molecule has 2 amide bonds. The summed E-state index contributed by atoms with van der Waals surface area (Å²) in [5, 5.41) is 1.17. The normalized spacial score (nSPS) is 22.9. The Hall–Kier alpha value is -2.34. The van der Waals surface area contributed by atoms with Crippen molar-refractivity contribution in [2.75, 3.05) is 33.7 Å². The second kappa shape index (κ2) is 6.43. The summed E-state index contributed by atoms with van der Waals surface area (Å²) in [5.41, 5.74) is 3.34. The molecule has 1 saturated heterocycles. The zero-order valence-electron chi connectivity index (χ0n) is 15.7. The third-order valence-electron chi connectivity index (χ3n) is 5.66. The number of para-hydroxylation sites is 1. The van der Waals surface area contributed by atoms with E-state index in [0.29, 0.717) is 13.0 Å². The molecular formula is C20H26N4O2. The summed E-state index contributed by atoms with van der Waals surface area (Å²) in [7, 11) is 4.04. The fourth-order valence-corrected chi connectivity index (χ4v) is 4.39. The van der Waals surface area contributed by atoms with Crippen LogP contribution in [0.15, 0.2) is 24.3 Å². The number of hydrogen-bond acceptors (Lipinski definition) is 3. The maximum Gasteiger partial charge on any atom is 0.246 e. The van der Waals surface area contributed by atoms with Gasteiger partial charge in [-0.2, -0.15) is 0 Å². The van der Waals surface area contributed by atoms with Crippen LogP contribution in [0.1, 0.15) is 30.6 Å². The molecule has 0 radical (unpaired) electrons. The number of piperazine rings is 1. The first kappa shape index (κ1) is 17.1. The highest BCUT2D eigenvalue weighted by Gasteiger charge is 2.45. The molecule has 6 heteroatoms. The molecule has 1 fully saturated rings. The van der Waals surface area contributed by atoms with Crippen molar-refractivity contribution in [1.29, 1.82) is 0 Å². The number of H-pyrrole nitrogens is 1. The monoisotopic (exact) mass is 354 g/mol. The quantitative estimate of drug-likeness (QED) is 0.910. The molecule has 2 atom stereocenters. The molecule has 2 aromatic rings. The molecule has 1 N–H and O–H groups in total. The third kappa shape index (κ3) is 2.69. The van der Waals surface area contributed by atoms with Crippen LogP contribution in [0.5, 0.6) is 0 Å². The Kier molecular flexibility index (Phi) is 4.23. The Morgan fingerprint density at radius 3 is 2.77 bits per heavy atom. The maximum absolute atomic E-state index is 13.1. The van der Waals surface area contributed by atoms with Crippen molar-refractivity contribution < 1.29 is 9.59 Å². The van der Waals surface area contributed by atoms with Gasteiger partial charge in [-0.15, -0.1) is 0 Å². The molecule has 2 aliphatic rings. The van der Waals surface area contributed by atoms with Crippen LogP contribution in [-0.2, 0) is 16.0 Å². The lowest BCUT2D eigenvalue weighted by Gasteiger charge is -2.46. The number of fused-ring (bicyclic) bond motifs is 4. The molecule has 0 bridgehead atoms. The lowest BCUT2D eigenvalue weighted by Crippen LogP contribution is -2.62. The number of aromatic nitrogens is 1. The Morgan fingerprint density at radius 1 is 1.23 bits per heavy atom. The zero-order valence-corrected chi connectivity index (χ0v) is 15.7. The van der Waals surface area contributed by atoms with E-state index in [4.69, 9.17) is 0 Å². The van der Waals surface area contributed by atoms with Crippen LogP contribution < -0.4 is 0 Å². The standard InChI is InChI=1S/C20H26N4O2/c1-13-19-15(14-7-4-5-8-16(14)21-19)11-17-20(26)23(10-6-9-22(2)3)12-18(25)24(13)17/h4-5,7-8,13,17,21H,6,9-12H2,1-3H3/t13-,17+/m1/s1. The van der Waals surface area contributed by atoms with E-state index in [2.05, 4.69) is 22.0 Å². The van der Waals surface area contributed by atoms with Crippen molar-refractivity contribution in [1.82, 2.24) is 19.7 Å². The predicted molar refractivity (Wildman–Crippen MR) is 101 cm³/mol. The van der Waals surface area contributed by atoms with E-state index in [0.717, 1.165) is 24.2 Å². The van der Waals surface area contributed by atoms with Gasteiger partial charge in [0.1, 0.15) is 6.04 Å². The smallest absolute Gasteiger partial charge is 0.246 e. The molecule has 3 heterocycles. The van der Waals surface area contributed by atoms with E-state index in [-0.39, 0.29) is 30.4 Å². The van der Waals surface area contributed by atoms with Gasteiger partial charge in [0, 0.05) is 29.6 Å². The molecule has 0 aliphatic carbocycles. The predicted octanol–water partition coefficient (Wildman–Crippen LogP) is 1.78. The van der Waals surface area contributed by atoms with Gasteiger partial charge in [-0.05, 0) is 45.6 Å². The summed E-state index contributed by atoms with van der Waals surface area (Å²) in [6.45, 7) is 3.77. The second-order valence-corrected chi connectivity index (χ2v) is 7.68. The van der Waals surface area contributed by atoms with Gasteiger partial charge in [0.25, 0.3) is 0 Å². The number of carbonyl (C=O) groups excluding carboxylic acids is 2. The SMILES string of the molecule is C[C@@H]1c2[nH]c3ccccc3c2C[C@H]2C(=O)N(CCCN(C)C)CC(=O)N12. The minimum atomic E-state index is -0.377. The zero-order chi connectivity index (χ0) is 18.4. The van der Waals surface area contributed by atoms with Gasteiger partial charge >= 0.3 is 0 Å². The lowest BCUT2D eigenvalue weighted by molar-refractivity contribution is -0.159. The van der Waals surface area contributed by atoms with E-state index in [1.165, 1.54) is 10.9 Å². The van der Waals surface area contributed by atoms with Crippen molar-refractivity contribution in [3.8, 4) is 0 Å². The van der Waals surface area contributed by atoms with E-state index in [1.54, 1.807) is 9.80 Å². The number of rotatable bonds is 4. The van der Waals surface area contributed by atoms with Crippen LogP contribution in [0.25, 0.3) is 10.9 Å². The van der Waals surface area contributed by atoms with Gasteiger partial charge < -0.3 is 19.7 Å². The number of nitrogens with zero attached hydrogens (tertiary/aromatic N) is 3. The fourth-order valence-electron chi connectivity index (χ4n) is 4.39. The molecule has 1 aromatic heterocycles. The largest absolute Gasteiger partial charge is 0.356 e. The average Bonchev–Trinajstić information content (AvgIpc) is 2.98. The first-order valence-corrected chi connectivity index (χ1v) is 9.31. The first-order chi connectivity index (χ1) is 12.5. The maximum atomic E-state index is 13.1. The van der Waals surface area contributed by atoms with Gasteiger partial charge in [0.05, 0.1) is 12.6 Å². The summed E-state index contributed by atoms with van der Waals surface area (Å²) < 4.78 is 0. The highest BCUT2D eigenvalue weighted by Crippen LogP contribution is 2.38. The lowest BCUT2D eigenvalue weighted by atomic mass is 9.90. The summed E-state index contributed by atoms with van der Waals surface area (Å²) in [4.78, 5) is 35.0. The van der Waals surface area contributed by atoms with E-state index in [9.17, 15) is 9.59 Å². The number of carbonyl (C=O) groups is 2. The van der Waals surface area contributed by atoms with Gasteiger partial charge in [0.15, 0.2) is 0 Å². The third-order valence-corrected chi connectivity index (χ3v) is 5.66. The molecule has 0 unspecified atom stereocenters. The van der Waals surface area contributed by atoms with E-state index < -0.39 is 0 Å². The molecular weight excluding hydrogens is 328 g/mol. The molecule has 2 aliphatic heterocycles. The topological polar surface area (TPSA) is 59.7 Å².